The van der Waals surface area contributed by atoms with E-state index in [1.54, 1.807) is 6.08 Å². The number of nitrogens with zero attached hydrogens (tertiary/aromatic N) is 3. The van der Waals surface area contributed by atoms with Crippen LogP contribution in [0.25, 0.3) is 17.5 Å². The molecule has 0 spiro atoms. The number of benzene rings is 1. The number of nitrogens with one attached hydrogen (secondary N) is 1. The van der Waals surface area contributed by atoms with Crippen molar-refractivity contribution >= 4 is 11.9 Å². The first-order valence-electron chi connectivity index (χ1n) is 4.78. The Kier molecular flexibility index (Phi) is 2.86. The third kappa shape index (κ3) is 2.38. The zero-order valence-electron chi connectivity index (χ0n) is 8.71. The van der Waals surface area contributed by atoms with Gasteiger partial charge in [0.1, 0.15) is 0 Å². The van der Waals surface area contributed by atoms with Crippen LogP contribution in [0, 0.1) is 0 Å². The maximum Gasteiger partial charge on any atom is 0.179 e. The van der Waals surface area contributed by atoms with E-state index in [-0.39, 0.29) is 5.78 Å². The summed E-state index contributed by atoms with van der Waals surface area (Å²) in [6.45, 7) is 1.52. The molecule has 1 aromatic carbocycles. The molecule has 80 valence electrons. The second kappa shape index (κ2) is 4.48. The quantitative estimate of drug-likeness (QED) is 0.785. The van der Waals surface area contributed by atoms with Gasteiger partial charge in [0.25, 0.3) is 0 Å². The van der Waals surface area contributed by atoms with Crippen molar-refractivity contribution in [2.75, 3.05) is 0 Å². The summed E-state index contributed by atoms with van der Waals surface area (Å²) in [7, 11) is 0. The Hall–Kier alpha value is -2.30. The van der Waals surface area contributed by atoms with E-state index in [9.17, 15) is 4.79 Å². The highest BCUT2D eigenvalue weighted by Gasteiger charge is 1.99. The van der Waals surface area contributed by atoms with Crippen molar-refractivity contribution in [2.24, 2.45) is 0 Å². The molecule has 1 heterocycles. The normalized spacial score (nSPS) is 10.8. The molecule has 1 aromatic heterocycles. The molecule has 0 radical (unpaired) electrons. The van der Waals surface area contributed by atoms with E-state index >= 15 is 0 Å². The van der Waals surface area contributed by atoms with Crippen molar-refractivity contribution in [3.63, 3.8) is 0 Å². The van der Waals surface area contributed by atoms with Gasteiger partial charge in [-0.05, 0) is 29.0 Å². The predicted octanol–water partition coefficient (Wildman–Crippen LogP) is 1.47. The number of tetrazole rings is 1. The van der Waals surface area contributed by atoms with Gasteiger partial charge in [-0.15, -0.1) is 5.10 Å². The van der Waals surface area contributed by atoms with Crippen LogP contribution in [0.5, 0.6) is 0 Å². The number of allylic oxidation sites excluding steroid dienone is 1. The number of carbonyl (C=O) groups excluding carboxylic acids is 1. The maximum absolute atomic E-state index is 10.8. The topological polar surface area (TPSA) is 71.5 Å². The second-order valence-electron chi connectivity index (χ2n) is 3.32. The number of hydrogen-bond acceptors (Lipinski definition) is 4. The molecule has 0 aliphatic rings. The molecule has 0 amide bonds. The highest BCUT2D eigenvalue weighted by Crippen LogP contribution is 2.14. The lowest BCUT2D eigenvalue weighted by Crippen LogP contribution is -1.82. The SMILES string of the molecule is CC(=O)/C=C/c1ccc(-c2nnn[nH]2)cc1. The Morgan fingerprint density at radius 3 is 2.62 bits per heavy atom. The van der Waals surface area contributed by atoms with Gasteiger partial charge in [0.05, 0.1) is 0 Å². The number of aromatic amines is 1. The molecule has 0 aliphatic heterocycles. The van der Waals surface area contributed by atoms with Crippen molar-refractivity contribution in [1.29, 1.82) is 0 Å². The zero-order valence-corrected chi connectivity index (χ0v) is 8.71. The minimum absolute atomic E-state index is 0.0310. The molecule has 0 saturated heterocycles. The highest BCUT2D eigenvalue weighted by atomic mass is 16.1. The lowest BCUT2D eigenvalue weighted by atomic mass is 10.1. The van der Waals surface area contributed by atoms with Gasteiger partial charge in [-0.1, -0.05) is 30.3 Å². The van der Waals surface area contributed by atoms with Gasteiger partial charge in [-0.3, -0.25) is 4.79 Å². The number of hydrogen-bond donors (Lipinski definition) is 1. The number of aromatic nitrogens is 4. The van der Waals surface area contributed by atoms with E-state index in [1.807, 2.05) is 24.3 Å². The van der Waals surface area contributed by atoms with Gasteiger partial charge in [0.2, 0.25) is 0 Å². The molecular formula is C11H10N4O. The molecule has 0 unspecified atom stereocenters. The van der Waals surface area contributed by atoms with Gasteiger partial charge >= 0.3 is 0 Å². The number of H-pyrrole nitrogens is 1. The molecule has 16 heavy (non-hydrogen) atoms. The molecule has 5 nitrogen and oxygen atoms in total. The fourth-order valence-corrected chi connectivity index (χ4v) is 1.25. The Morgan fingerprint density at radius 2 is 2.06 bits per heavy atom. The van der Waals surface area contributed by atoms with Crippen LogP contribution in [-0.2, 0) is 4.79 Å². The predicted molar refractivity (Wildman–Crippen MR) is 59.3 cm³/mol. The molecule has 0 fully saturated rings. The fourth-order valence-electron chi connectivity index (χ4n) is 1.25. The van der Waals surface area contributed by atoms with Crippen LogP contribution in [0.15, 0.2) is 30.3 Å². The second-order valence-corrected chi connectivity index (χ2v) is 3.32. The van der Waals surface area contributed by atoms with Crippen LogP contribution >= 0.6 is 0 Å². The Labute approximate surface area is 92.2 Å². The lowest BCUT2D eigenvalue weighted by molar-refractivity contribution is -0.112. The third-order valence-electron chi connectivity index (χ3n) is 2.04. The molecule has 0 aliphatic carbocycles. The summed E-state index contributed by atoms with van der Waals surface area (Å²) in [5.74, 6) is 0.658. The lowest BCUT2D eigenvalue weighted by Gasteiger charge is -1.96. The van der Waals surface area contributed by atoms with Gasteiger partial charge in [0.15, 0.2) is 11.6 Å². The summed E-state index contributed by atoms with van der Waals surface area (Å²) in [6, 6.07) is 7.58. The number of carbonyl (C=O) groups is 1. The van der Waals surface area contributed by atoms with E-state index in [1.165, 1.54) is 13.0 Å². The van der Waals surface area contributed by atoms with Gasteiger partial charge in [-0.25, -0.2) is 5.10 Å². The van der Waals surface area contributed by atoms with Crippen LogP contribution in [-0.4, -0.2) is 26.4 Å². The van der Waals surface area contributed by atoms with Crippen molar-refractivity contribution < 1.29 is 4.79 Å². The van der Waals surface area contributed by atoms with Crippen molar-refractivity contribution in [3.05, 3.63) is 35.9 Å². The first kappa shape index (κ1) is 10.2. The van der Waals surface area contributed by atoms with Crippen LogP contribution < -0.4 is 0 Å². The molecule has 2 rings (SSSR count). The van der Waals surface area contributed by atoms with Crippen LogP contribution in [0.2, 0.25) is 0 Å². The first-order chi connectivity index (χ1) is 7.75. The van der Waals surface area contributed by atoms with E-state index in [0.717, 1.165) is 11.1 Å². The fraction of sp³-hybridized carbons (Fsp3) is 0.0909. The molecule has 0 atom stereocenters. The Morgan fingerprint density at radius 1 is 1.31 bits per heavy atom. The maximum atomic E-state index is 10.8. The molecule has 5 heteroatoms. The highest BCUT2D eigenvalue weighted by molar-refractivity contribution is 5.91. The largest absolute Gasteiger partial charge is 0.295 e. The molecule has 1 N–H and O–H groups in total. The first-order valence-corrected chi connectivity index (χ1v) is 4.78. The van der Waals surface area contributed by atoms with Crippen molar-refractivity contribution in [2.45, 2.75) is 6.92 Å². The average Bonchev–Trinajstić information content (AvgIpc) is 2.80. The third-order valence-corrected chi connectivity index (χ3v) is 2.04. The van der Waals surface area contributed by atoms with E-state index in [2.05, 4.69) is 20.6 Å². The Balaban J connectivity index is 2.20. The molecule has 0 bridgehead atoms. The van der Waals surface area contributed by atoms with Crippen LogP contribution in [0.1, 0.15) is 12.5 Å². The van der Waals surface area contributed by atoms with E-state index in [4.69, 9.17) is 0 Å². The monoisotopic (exact) mass is 214 g/mol. The van der Waals surface area contributed by atoms with Gasteiger partial charge in [-0.2, -0.15) is 0 Å². The smallest absolute Gasteiger partial charge is 0.179 e. The number of ketones is 1. The minimum Gasteiger partial charge on any atom is -0.295 e. The van der Waals surface area contributed by atoms with Crippen LogP contribution in [0.3, 0.4) is 0 Å². The zero-order chi connectivity index (χ0) is 11.4. The van der Waals surface area contributed by atoms with Gasteiger partial charge < -0.3 is 0 Å². The minimum atomic E-state index is 0.0310. The summed E-state index contributed by atoms with van der Waals surface area (Å²) in [6.07, 6.45) is 3.30. The standard InChI is InChI=1S/C11H10N4O/c1-8(16)2-3-9-4-6-10(7-5-9)11-12-14-15-13-11/h2-7H,1H3,(H,12,13,14,15)/b3-2+. The van der Waals surface area contributed by atoms with Gasteiger partial charge in [0, 0.05) is 5.56 Å². The van der Waals surface area contributed by atoms with Crippen LogP contribution in [0.4, 0.5) is 0 Å². The molecule has 2 aromatic rings. The summed E-state index contributed by atoms with van der Waals surface area (Å²) < 4.78 is 0. The molecule has 0 saturated carbocycles. The molecular weight excluding hydrogens is 204 g/mol. The number of rotatable bonds is 3. The van der Waals surface area contributed by atoms with E-state index in [0.29, 0.717) is 5.82 Å². The summed E-state index contributed by atoms with van der Waals surface area (Å²) in [5.41, 5.74) is 1.87. The van der Waals surface area contributed by atoms with Crippen molar-refractivity contribution in [1.82, 2.24) is 20.6 Å². The summed E-state index contributed by atoms with van der Waals surface area (Å²) in [4.78, 5) is 10.8. The van der Waals surface area contributed by atoms with E-state index < -0.39 is 0 Å². The van der Waals surface area contributed by atoms with Crippen molar-refractivity contribution in [3.8, 4) is 11.4 Å². The summed E-state index contributed by atoms with van der Waals surface area (Å²) in [5, 5.41) is 13.5. The Bertz CT molecular complexity index is 499. The average molecular weight is 214 g/mol. The summed E-state index contributed by atoms with van der Waals surface area (Å²) >= 11 is 0.